The topological polar surface area (TPSA) is 57.6 Å². The highest BCUT2D eigenvalue weighted by atomic mass is 16.3. The van der Waals surface area contributed by atoms with Crippen LogP contribution in [0.15, 0.2) is 42.5 Å². The highest BCUT2D eigenvalue weighted by molar-refractivity contribution is 5.77. The van der Waals surface area contributed by atoms with Crippen LogP contribution in [0.4, 0.5) is 0 Å². The summed E-state index contributed by atoms with van der Waals surface area (Å²) >= 11 is 0. The third-order valence-corrected chi connectivity index (χ3v) is 5.13. The van der Waals surface area contributed by atoms with Gasteiger partial charge in [-0.1, -0.05) is 55.3 Å². The molecule has 0 aromatic heterocycles. The van der Waals surface area contributed by atoms with E-state index in [1.165, 1.54) is 0 Å². The van der Waals surface area contributed by atoms with Gasteiger partial charge in [-0.25, -0.2) is 0 Å². The molecule has 1 aromatic carbocycles. The molecule has 0 bridgehead atoms. The molecule has 2 rings (SSSR count). The monoisotopic (exact) mass is 371 g/mol. The van der Waals surface area contributed by atoms with E-state index < -0.39 is 6.10 Å². The Labute approximate surface area is 163 Å². The maximum atomic E-state index is 12.3. The molecule has 1 aliphatic heterocycles. The fraction of sp³-hybridized carbons (Fsp3) is 0.565. The number of hydrogen-bond acceptors (Lipinski definition) is 3. The van der Waals surface area contributed by atoms with Crippen molar-refractivity contribution in [3.05, 3.63) is 48.0 Å². The highest BCUT2D eigenvalue weighted by Crippen LogP contribution is 2.21. The molecule has 148 valence electrons. The Hall–Kier alpha value is -1.94. The lowest BCUT2D eigenvalue weighted by molar-refractivity contribution is -0.135. The molecule has 1 aromatic rings. The summed E-state index contributed by atoms with van der Waals surface area (Å²) in [4.78, 5) is 25.3. The number of nitrogens with zero attached hydrogens (tertiary/aromatic N) is 1. The number of piperidine rings is 1. The number of Topliss-reactive ketones (excluding diaryl/α,β-unsaturated/α-hetero) is 1. The van der Waals surface area contributed by atoms with E-state index in [0.29, 0.717) is 19.3 Å². The lowest BCUT2D eigenvalue weighted by Gasteiger charge is -2.34. The second kappa shape index (κ2) is 11.7. The van der Waals surface area contributed by atoms with Gasteiger partial charge in [0.1, 0.15) is 5.78 Å². The van der Waals surface area contributed by atoms with Crippen molar-refractivity contribution in [2.45, 2.75) is 76.9 Å². The van der Waals surface area contributed by atoms with Gasteiger partial charge in [0.15, 0.2) is 0 Å². The molecule has 0 aliphatic carbocycles. The normalized spacial score (nSPS) is 18.8. The Bertz CT molecular complexity index is 611. The van der Waals surface area contributed by atoms with Crippen LogP contribution in [-0.4, -0.2) is 40.4 Å². The summed E-state index contributed by atoms with van der Waals surface area (Å²) in [6, 6.07) is 10.0. The first kappa shape index (κ1) is 21.4. The molecule has 1 heterocycles. The van der Waals surface area contributed by atoms with Gasteiger partial charge in [-0.3, -0.25) is 4.79 Å². The first-order chi connectivity index (χ1) is 13.1. The van der Waals surface area contributed by atoms with Crippen LogP contribution in [-0.2, 0) is 16.0 Å². The molecular weight excluding hydrogens is 338 g/mol. The number of aliphatic hydroxyl groups is 1. The zero-order valence-electron chi connectivity index (χ0n) is 16.5. The van der Waals surface area contributed by atoms with E-state index in [4.69, 9.17) is 0 Å². The Morgan fingerprint density at radius 3 is 2.70 bits per heavy atom. The Kier molecular flexibility index (Phi) is 9.26. The molecule has 1 unspecified atom stereocenters. The van der Waals surface area contributed by atoms with Crippen LogP contribution in [0.25, 0.3) is 0 Å². The molecule has 0 spiro atoms. The number of benzene rings is 1. The minimum Gasteiger partial charge on any atom is -0.389 e. The van der Waals surface area contributed by atoms with Crippen molar-refractivity contribution in [2.75, 3.05) is 6.54 Å². The van der Waals surface area contributed by atoms with Crippen LogP contribution in [0.5, 0.6) is 0 Å². The number of carbonyl (C=O) groups excluding carboxylic acids is 2. The van der Waals surface area contributed by atoms with E-state index in [1.807, 2.05) is 47.4 Å². The molecule has 1 amide bonds. The van der Waals surface area contributed by atoms with Gasteiger partial charge in [0.25, 0.3) is 0 Å². The van der Waals surface area contributed by atoms with E-state index in [2.05, 4.69) is 0 Å². The molecule has 0 radical (unpaired) electrons. The van der Waals surface area contributed by atoms with Gasteiger partial charge in [-0.15, -0.1) is 0 Å². The van der Waals surface area contributed by atoms with E-state index in [1.54, 1.807) is 6.92 Å². The van der Waals surface area contributed by atoms with E-state index in [-0.39, 0.29) is 17.7 Å². The molecule has 1 aliphatic rings. The summed E-state index contributed by atoms with van der Waals surface area (Å²) in [6.45, 7) is 2.40. The van der Waals surface area contributed by atoms with Gasteiger partial charge in [0.2, 0.25) is 5.91 Å². The minimum absolute atomic E-state index is 0.0916. The summed E-state index contributed by atoms with van der Waals surface area (Å²) in [5, 5.41) is 10.3. The Balaban J connectivity index is 1.79. The highest BCUT2D eigenvalue weighted by Gasteiger charge is 2.25. The molecule has 4 nitrogen and oxygen atoms in total. The number of unbranched alkanes of at least 4 members (excludes halogenated alkanes) is 3. The summed E-state index contributed by atoms with van der Waals surface area (Å²) in [7, 11) is 0. The quantitative estimate of drug-likeness (QED) is 0.471. The first-order valence-electron chi connectivity index (χ1n) is 10.3. The van der Waals surface area contributed by atoms with Crippen molar-refractivity contribution >= 4 is 11.7 Å². The molecule has 1 N–H and O–H groups in total. The average Bonchev–Trinajstić information content (AvgIpc) is 2.65. The van der Waals surface area contributed by atoms with E-state index in [9.17, 15) is 14.7 Å². The lowest BCUT2D eigenvalue weighted by Crippen LogP contribution is -2.43. The fourth-order valence-electron chi connectivity index (χ4n) is 3.63. The van der Waals surface area contributed by atoms with Crippen molar-refractivity contribution in [1.29, 1.82) is 0 Å². The maximum absolute atomic E-state index is 12.3. The molecule has 2 atom stereocenters. The van der Waals surface area contributed by atoms with Crippen LogP contribution < -0.4 is 0 Å². The first-order valence-corrected chi connectivity index (χ1v) is 10.3. The number of amides is 1. The molecule has 0 saturated carbocycles. The van der Waals surface area contributed by atoms with E-state index in [0.717, 1.165) is 50.6 Å². The summed E-state index contributed by atoms with van der Waals surface area (Å²) in [6.07, 6.45) is 11.1. The number of aliphatic hydroxyl groups excluding tert-OH is 1. The van der Waals surface area contributed by atoms with Gasteiger partial charge < -0.3 is 14.8 Å². The second-order valence-corrected chi connectivity index (χ2v) is 7.55. The SMILES string of the molecule is CC(=O)CCCCCCN1C(=O)CCC[C@@H]1/C=C/C(O)Cc1ccccc1. The Morgan fingerprint density at radius 1 is 1.22 bits per heavy atom. The van der Waals surface area contributed by atoms with Crippen molar-refractivity contribution in [3.63, 3.8) is 0 Å². The molecule has 1 fully saturated rings. The predicted octanol–water partition coefficient (Wildman–Crippen LogP) is 4.07. The number of rotatable bonds is 11. The zero-order valence-corrected chi connectivity index (χ0v) is 16.5. The van der Waals surface area contributed by atoms with Gasteiger partial charge in [-0.2, -0.15) is 0 Å². The van der Waals surface area contributed by atoms with Crippen molar-refractivity contribution in [1.82, 2.24) is 4.90 Å². The van der Waals surface area contributed by atoms with Gasteiger partial charge >= 0.3 is 0 Å². The van der Waals surface area contributed by atoms with Crippen LogP contribution in [0.2, 0.25) is 0 Å². The summed E-state index contributed by atoms with van der Waals surface area (Å²) in [5.74, 6) is 0.470. The van der Waals surface area contributed by atoms with Crippen molar-refractivity contribution in [2.24, 2.45) is 0 Å². The molecular formula is C23H33NO3. The van der Waals surface area contributed by atoms with E-state index >= 15 is 0 Å². The molecule has 1 saturated heterocycles. The maximum Gasteiger partial charge on any atom is 0.223 e. The number of hydrogen-bond donors (Lipinski definition) is 1. The summed E-state index contributed by atoms with van der Waals surface area (Å²) in [5.41, 5.74) is 1.11. The minimum atomic E-state index is -0.530. The molecule has 4 heteroatoms. The Morgan fingerprint density at radius 2 is 1.96 bits per heavy atom. The molecule has 27 heavy (non-hydrogen) atoms. The third kappa shape index (κ3) is 8.08. The van der Waals surface area contributed by atoms with Crippen LogP contribution in [0, 0.1) is 0 Å². The van der Waals surface area contributed by atoms with Gasteiger partial charge in [0, 0.05) is 25.8 Å². The van der Waals surface area contributed by atoms with Crippen molar-refractivity contribution < 1.29 is 14.7 Å². The number of ketones is 1. The lowest BCUT2D eigenvalue weighted by atomic mass is 9.99. The van der Waals surface area contributed by atoms with Gasteiger partial charge in [-0.05, 0) is 38.2 Å². The smallest absolute Gasteiger partial charge is 0.223 e. The largest absolute Gasteiger partial charge is 0.389 e. The van der Waals surface area contributed by atoms with Crippen LogP contribution in [0.1, 0.15) is 63.9 Å². The van der Waals surface area contributed by atoms with Crippen LogP contribution in [0.3, 0.4) is 0 Å². The fourth-order valence-corrected chi connectivity index (χ4v) is 3.63. The number of likely N-dealkylation sites (tertiary alicyclic amines) is 1. The standard InChI is InChI=1S/C23H33NO3/c1-19(25)10-5-2-3-8-17-24-21(13-9-14-23(24)27)15-16-22(26)18-20-11-6-4-7-12-20/h4,6-7,11-12,15-16,21-22,26H,2-3,5,8-10,13-14,17-18H2,1H3/b16-15+/t21-,22?/m1/s1. The predicted molar refractivity (Wildman–Crippen MR) is 108 cm³/mol. The summed E-state index contributed by atoms with van der Waals surface area (Å²) < 4.78 is 0. The average molecular weight is 372 g/mol. The van der Waals surface area contributed by atoms with Crippen molar-refractivity contribution in [3.8, 4) is 0 Å². The van der Waals surface area contributed by atoms with Gasteiger partial charge in [0.05, 0.1) is 12.1 Å². The third-order valence-electron chi connectivity index (χ3n) is 5.13. The second-order valence-electron chi connectivity index (χ2n) is 7.55. The van der Waals surface area contributed by atoms with Crippen LogP contribution >= 0.6 is 0 Å². The zero-order chi connectivity index (χ0) is 19.5. The number of carbonyl (C=O) groups is 2.